The number of nitrogens with zero attached hydrogens (tertiary/aromatic N) is 1. The predicted octanol–water partition coefficient (Wildman–Crippen LogP) is 3.41. The highest BCUT2D eigenvalue weighted by Gasteiger charge is 2.13. The molecule has 4 heteroatoms. The SMILES string of the molecule is CC.CC(C)Oc1ccccc1[N+](=O)[O-]. The van der Waals surface area contributed by atoms with Crippen molar-refractivity contribution >= 4 is 5.69 Å². The zero-order valence-corrected chi connectivity index (χ0v) is 9.56. The third-order valence-corrected chi connectivity index (χ3v) is 1.42. The Labute approximate surface area is 90.0 Å². The fourth-order valence-electron chi connectivity index (χ4n) is 0.962. The lowest BCUT2D eigenvalue weighted by molar-refractivity contribution is -0.386. The van der Waals surface area contributed by atoms with Gasteiger partial charge in [0, 0.05) is 6.07 Å². The van der Waals surface area contributed by atoms with Gasteiger partial charge in [-0.05, 0) is 19.9 Å². The van der Waals surface area contributed by atoms with Crippen LogP contribution in [-0.2, 0) is 0 Å². The molecule has 0 saturated heterocycles. The molecule has 1 rings (SSSR count). The van der Waals surface area contributed by atoms with Gasteiger partial charge >= 0.3 is 5.69 Å². The number of hydrogen-bond acceptors (Lipinski definition) is 3. The predicted molar refractivity (Wildman–Crippen MR) is 60.2 cm³/mol. The molecule has 0 spiro atoms. The summed E-state index contributed by atoms with van der Waals surface area (Å²) in [6.07, 6.45) is -0.0545. The van der Waals surface area contributed by atoms with E-state index >= 15 is 0 Å². The van der Waals surface area contributed by atoms with Gasteiger partial charge in [0.25, 0.3) is 0 Å². The minimum absolute atomic E-state index is 0.0104. The molecule has 84 valence electrons. The molecule has 0 aliphatic carbocycles. The fraction of sp³-hybridized carbons (Fsp3) is 0.455. The maximum absolute atomic E-state index is 10.5. The summed E-state index contributed by atoms with van der Waals surface area (Å²) < 4.78 is 5.26. The first kappa shape index (κ1) is 13.4. The molecule has 0 unspecified atom stereocenters. The van der Waals surface area contributed by atoms with E-state index in [1.165, 1.54) is 6.07 Å². The van der Waals surface area contributed by atoms with Crippen molar-refractivity contribution in [1.29, 1.82) is 0 Å². The Hall–Kier alpha value is -1.58. The molecule has 0 N–H and O–H groups in total. The van der Waals surface area contributed by atoms with Crippen LogP contribution in [0.2, 0.25) is 0 Å². The van der Waals surface area contributed by atoms with Gasteiger partial charge in [-0.15, -0.1) is 0 Å². The number of benzene rings is 1. The maximum Gasteiger partial charge on any atom is 0.310 e. The lowest BCUT2D eigenvalue weighted by atomic mass is 10.3. The zero-order valence-electron chi connectivity index (χ0n) is 9.56. The molecule has 0 radical (unpaired) electrons. The van der Waals surface area contributed by atoms with Crippen LogP contribution in [0.5, 0.6) is 5.75 Å². The Balaban J connectivity index is 0.000000921. The number of rotatable bonds is 3. The topological polar surface area (TPSA) is 52.4 Å². The van der Waals surface area contributed by atoms with E-state index in [0.717, 1.165) is 0 Å². The summed E-state index contributed by atoms with van der Waals surface area (Å²) in [5, 5.41) is 10.5. The second kappa shape index (κ2) is 6.81. The first-order valence-electron chi connectivity index (χ1n) is 5.01. The van der Waals surface area contributed by atoms with Crippen LogP contribution in [0.1, 0.15) is 27.7 Å². The Morgan fingerprint density at radius 3 is 2.27 bits per heavy atom. The Morgan fingerprint density at radius 2 is 1.80 bits per heavy atom. The average molecular weight is 211 g/mol. The summed E-state index contributed by atoms with van der Waals surface area (Å²) in [5.41, 5.74) is 0.0104. The molecule has 0 amide bonds. The van der Waals surface area contributed by atoms with Crippen molar-refractivity contribution in [3.63, 3.8) is 0 Å². The molecule has 0 atom stereocenters. The van der Waals surface area contributed by atoms with Gasteiger partial charge in [0.05, 0.1) is 11.0 Å². The van der Waals surface area contributed by atoms with Gasteiger partial charge < -0.3 is 4.74 Å². The van der Waals surface area contributed by atoms with Crippen molar-refractivity contribution in [3.05, 3.63) is 34.4 Å². The molecule has 0 saturated carbocycles. The van der Waals surface area contributed by atoms with Crippen molar-refractivity contribution in [2.24, 2.45) is 0 Å². The van der Waals surface area contributed by atoms with Crippen LogP contribution in [0.4, 0.5) is 5.69 Å². The van der Waals surface area contributed by atoms with Gasteiger partial charge in [-0.25, -0.2) is 0 Å². The maximum atomic E-state index is 10.5. The van der Waals surface area contributed by atoms with Crippen molar-refractivity contribution in [3.8, 4) is 5.75 Å². The van der Waals surface area contributed by atoms with Gasteiger partial charge in [0.1, 0.15) is 0 Å². The highest BCUT2D eigenvalue weighted by atomic mass is 16.6. The molecule has 0 fully saturated rings. The van der Waals surface area contributed by atoms with Crippen LogP contribution in [0.15, 0.2) is 24.3 Å². The highest BCUT2D eigenvalue weighted by Crippen LogP contribution is 2.26. The fourth-order valence-corrected chi connectivity index (χ4v) is 0.962. The molecule has 0 heterocycles. The zero-order chi connectivity index (χ0) is 11.8. The number of para-hydroxylation sites is 2. The molecule has 0 aliphatic rings. The largest absolute Gasteiger partial charge is 0.484 e. The smallest absolute Gasteiger partial charge is 0.310 e. The van der Waals surface area contributed by atoms with E-state index < -0.39 is 4.92 Å². The second-order valence-corrected chi connectivity index (χ2v) is 2.89. The summed E-state index contributed by atoms with van der Waals surface area (Å²) in [5.74, 6) is 0.322. The lowest BCUT2D eigenvalue weighted by Crippen LogP contribution is -2.07. The van der Waals surface area contributed by atoms with Crippen LogP contribution in [-0.4, -0.2) is 11.0 Å². The van der Waals surface area contributed by atoms with Gasteiger partial charge in [0.2, 0.25) is 0 Å². The molecule has 0 aliphatic heterocycles. The molecule has 15 heavy (non-hydrogen) atoms. The molecule has 0 bridgehead atoms. The third kappa shape index (κ3) is 4.44. The molecule has 0 aromatic heterocycles. The van der Waals surface area contributed by atoms with E-state index in [2.05, 4.69) is 0 Å². The Morgan fingerprint density at radius 1 is 1.27 bits per heavy atom. The standard InChI is InChI=1S/C9H11NO3.C2H6/c1-7(2)13-9-6-4-3-5-8(9)10(11)12;1-2/h3-7H,1-2H3;1-2H3. The van der Waals surface area contributed by atoms with Gasteiger partial charge in [0.15, 0.2) is 5.75 Å². The third-order valence-electron chi connectivity index (χ3n) is 1.42. The lowest BCUT2D eigenvalue weighted by Gasteiger charge is -2.08. The van der Waals surface area contributed by atoms with Gasteiger partial charge in [-0.1, -0.05) is 26.0 Å². The van der Waals surface area contributed by atoms with E-state index in [1.54, 1.807) is 18.2 Å². The minimum Gasteiger partial charge on any atom is -0.484 e. The Kier molecular flexibility index (Phi) is 6.09. The summed E-state index contributed by atoms with van der Waals surface area (Å²) in [6, 6.07) is 6.35. The van der Waals surface area contributed by atoms with Crippen molar-refractivity contribution in [1.82, 2.24) is 0 Å². The Bertz CT molecular complexity index is 310. The first-order chi connectivity index (χ1) is 7.11. The van der Waals surface area contributed by atoms with E-state index in [4.69, 9.17) is 4.74 Å². The van der Waals surface area contributed by atoms with E-state index in [9.17, 15) is 10.1 Å². The van der Waals surface area contributed by atoms with Crippen molar-refractivity contribution < 1.29 is 9.66 Å². The van der Waals surface area contributed by atoms with E-state index in [-0.39, 0.29) is 11.8 Å². The summed E-state index contributed by atoms with van der Waals surface area (Å²) in [6.45, 7) is 7.66. The van der Waals surface area contributed by atoms with Gasteiger partial charge in [-0.2, -0.15) is 0 Å². The molecule has 1 aromatic carbocycles. The number of nitro groups is 1. The second-order valence-electron chi connectivity index (χ2n) is 2.89. The van der Waals surface area contributed by atoms with Crippen LogP contribution in [0.3, 0.4) is 0 Å². The molecule has 1 aromatic rings. The number of ether oxygens (including phenoxy) is 1. The number of nitro benzene ring substituents is 1. The van der Waals surface area contributed by atoms with Crippen molar-refractivity contribution in [2.45, 2.75) is 33.8 Å². The summed E-state index contributed by atoms with van der Waals surface area (Å²) in [4.78, 5) is 10.1. The summed E-state index contributed by atoms with van der Waals surface area (Å²) >= 11 is 0. The van der Waals surface area contributed by atoms with Crippen LogP contribution >= 0.6 is 0 Å². The highest BCUT2D eigenvalue weighted by molar-refractivity contribution is 5.45. The van der Waals surface area contributed by atoms with Crippen molar-refractivity contribution in [2.75, 3.05) is 0 Å². The quantitative estimate of drug-likeness (QED) is 0.568. The average Bonchev–Trinajstić information content (AvgIpc) is 2.20. The van der Waals surface area contributed by atoms with E-state index in [0.29, 0.717) is 5.75 Å². The number of hydrogen-bond donors (Lipinski definition) is 0. The summed E-state index contributed by atoms with van der Waals surface area (Å²) in [7, 11) is 0. The molecular formula is C11H17NO3. The monoisotopic (exact) mass is 211 g/mol. The van der Waals surface area contributed by atoms with Gasteiger partial charge in [-0.3, -0.25) is 10.1 Å². The van der Waals surface area contributed by atoms with Crippen LogP contribution in [0.25, 0.3) is 0 Å². The minimum atomic E-state index is -0.447. The van der Waals surface area contributed by atoms with Crippen LogP contribution < -0.4 is 4.74 Å². The molecule has 4 nitrogen and oxygen atoms in total. The first-order valence-corrected chi connectivity index (χ1v) is 5.01. The van der Waals surface area contributed by atoms with Crippen LogP contribution in [0, 0.1) is 10.1 Å². The van der Waals surface area contributed by atoms with E-state index in [1.807, 2.05) is 27.7 Å². The molecular weight excluding hydrogens is 194 g/mol. The normalized spacial score (nSPS) is 9.13.